The van der Waals surface area contributed by atoms with E-state index < -0.39 is 41.2 Å². The lowest BCUT2D eigenvalue weighted by Gasteiger charge is -2.39. The number of rotatable bonds is 5. The zero-order chi connectivity index (χ0) is 22.4. The van der Waals surface area contributed by atoms with Crippen LogP contribution in [-0.4, -0.2) is 42.0 Å². The van der Waals surface area contributed by atoms with Crippen LogP contribution in [0.4, 0.5) is 18.9 Å². The number of aliphatic imine (C=N–C) groups is 1. The van der Waals surface area contributed by atoms with Crippen LogP contribution in [-0.2, 0) is 10.3 Å². The number of amides is 1. The second kappa shape index (κ2) is 7.44. The first kappa shape index (κ1) is 21.0. The molecule has 7 nitrogen and oxygen atoms in total. The second-order valence-corrected chi connectivity index (χ2v) is 7.80. The summed E-state index contributed by atoms with van der Waals surface area (Å²) in [6.07, 6.45) is -1.83. The standard InChI is InChI=1S/C21H21F3N4O3/c1-20(16(23)17(21(24)7-8-21)31-19(25)28-20)13-9-11(3-5-14(13)22)27-18(29)15-6-4-12(30-2)10-26-15/h3-6,9-10,16-17H,7-8H2,1-2H3,(H2,25,28)(H,27,29)/t16-,17-,20+/m0/s1. The summed E-state index contributed by atoms with van der Waals surface area (Å²) in [7, 11) is 1.47. The molecule has 2 aromatic rings. The van der Waals surface area contributed by atoms with E-state index in [1.807, 2.05) is 0 Å². The molecule has 1 aliphatic heterocycles. The Morgan fingerprint density at radius 2 is 2.06 bits per heavy atom. The number of nitrogens with one attached hydrogen (secondary N) is 1. The van der Waals surface area contributed by atoms with Crippen LogP contribution in [0.5, 0.6) is 5.75 Å². The van der Waals surface area contributed by atoms with Gasteiger partial charge in [0, 0.05) is 11.3 Å². The van der Waals surface area contributed by atoms with E-state index in [-0.39, 0.29) is 29.8 Å². The Kier molecular flexibility index (Phi) is 5.03. The minimum absolute atomic E-state index is 0.0998. The lowest BCUT2D eigenvalue weighted by molar-refractivity contribution is -0.0388. The molecule has 0 saturated heterocycles. The molecule has 10 heteroatoms. The summed E-state index contributed by atoms with van der Waals surface area (Å²) in [4.78, 5) is 20.4. The van der Waals surface area contributed by atoms with Gasteiger partial charge in [-0.2, -0.15) is 0 Å². The number of nitrogens with two attached hydrogens (primary N) is 1. The molecule has 1 aromatic carbocycles. The zero-order valence-electron chi connectivity index (χ0n) is 16.9. The molecule has 1 aliphatic carbocycles. The molecule has 3 atom stereocenters. The van der Waals surface area contributed by atoms with E-state index in [9.17, 15) is 13.6 Å². The number of carbonyl (C=O) groups is 1. The number of hydrogen-bond acceptors (Lipinski definition) is 6. The number of amidine groups is 1. The van der Waals surface area contributed by atoms with Crippen LogP contribution >= 0.6 is 0 Å². The molecule has 1 aromatic heterocycles. The summed E-state index contributed by atoms with van der Waals surface area (Å²) in [6.45, 7) is 1.32. The summed E-state index contributed by atoms with van der Waals surface area (Å²) >= 11 is 0. The van der Waals surface area contributed by atoms with Crippen LogP contribution in [0.15, 0.2) is 41.5 Å². The monoisotopic (exact) mass is 434 g/mol. The average molecular weight is 434 g/mol. The number of carbonyl (C=O) groups excluding carboxylic acids is 1. The minimum Gasteiger partial charge on any atom is -0.495 e. The lowest BCUT2D eigenvalue weighted by atomic mass is 9.82. The summed E-state index contributed by atoms with van der Waals surface area (Å²) in [6, 6.07) is 6.25. The van der Waals surface area contributed by atoms with Crippen LogP contribution in [0.2, 0.25) is 0 Å². The van der Waals surface area contributed by atoms with Gasteiger partial charge < -0.3 is 20.5 Å². The fourth-order valence-electron chi connectivity index (χ4n) is 3.60. The van der Waals surface area contributed by atoms with Crippen molar-refractivity contribution in [3.63, 3.8) is 0 Å². The summed E-state index contributed by atoms with van der Waals surface area (Å²) < 4.78 is 54.9. The third-order valence-corrected chi connectivity index (χ3v) is 5.60. The third kappa shape index (κ3) is 3.77. The molecule has 0 radical (unpaired) electrons. The van der Waals surface area contributed by atoms with E-state index in [0.717, 1.165) is 6.07 Å². The molecule has 31 heavy (non-hydrogen) atoms. The first-order valence-corrected chi connectivity index (χ1v) is 9.63. The van der Waals surface area contributed by atoms with Crippen molar-refractivity contribution in [2.45, 2.75) is 43.2 Å². The van der Waals surface area contributed by atoms with Crippen LogP contribution < -0.4 is 15.8 Å². The van der Waals surface area contributed by atoms with E-state index in [2.05, 4.69) is 15.3 Å². The Bertz CT molecular complexity index is 1040. The van der Waals surface area contributed by atoms with Crippen molar-refractivity contribution in [1.29, 1.82) is 0 Å². The van der Waals surface area contributed by atoms with Crippen molar-refractivity contribution < 1.29 is 27.4 Å². The van der Waals surface area contributed by atoms with Crippen molar-refractivity contribution in [1.82, 2.24) is 4.98 Å². The molecule has 4 rings (SSSR count). The Balaban J connectivity index is 1.64. The van der Waals surface area contributed by atoms with Crippen LogP contribution in [0.25, 0.3) is 0 Å². The summed E-state index contributed by atoms with van der Waals surface area (Å²) in [5, 5.41) is 2.58. The zero-order valence-corrected chi connectivity index (χ0v) is 16.9. The minimum atomic E-state index is -1.99. The van der Waals surface area contributed by atoms with Gasteiger partial charge in [-0.15, -0.1) is 0 Å². The highest BCUT2D eigenvalue weighted by atomic mass is 19.2. The molecule has 1 saturated carbocycles. The van der Waals surface area contributed by atoms with Gasteiger partial charge >= 0.3 is 0 Å². The number of aromatic nitrogens is 1. The molecule has 1 amide bonds. The van der Waals surface area contributed by atoms with E-state index in [1.165, 1.54) is 38.4 Å². The van der Waals surface area contributed by atoms with Gasteiger partial charge in [-0.25, -0.2) is 23.1 Å². The van der Waals surface area contributed by atoms with Gasteiger partial charge in [0.1, 0.15) is 22.8 Å². The van der Waals surface area contributed by atoms with Crippen LogP contribution in [0, 0.1) is 5.82 Å². The van der Waals surface area contributed by atoms with Gasteiger partial charge in [-0.3, -0.25) is 4.79 Å². The van der Waals surface area contributed by atoms with Crippen LogP contribution in [0.3, 0.4) is 0 Å². The Morgan fingerprint density at radius 3 is 2.68 bits per heavy atom. The van der Waals surface area contributed by atoms with Gasteiger partial charge in [0.2, 0.25) is 0 Å². The quantitative estimate of drug-likeness (QED) is 0.753. The highest BCUT2D eigenvalue weighted by Gasteiger charge is 2.62. The van der Waals surface area contributed by atoms with Crippen molar-refractivity contribution in [2.24, 2.45) is 10.7 Å². The number of halogens is 3. The van der Waals surface area contributed by atoms with Crippen molar-refractivity contribution in [3.05, 3.63) is 53.6 Å². The molecule has 0 unspecified atom stereocenters. The van der Waals surface area contributed by atoms with Gasteiger partial charge in [-0.1, -0.05) is 0 Å². The predicted molar refractivity (Wildman–Crippen MR) is 107 cm³/mol. The van der Waals surface area contributed by atoms with E-state index in [0.29, 0.717) is 5.75 Å². The maximum Gasteiger partial charge on any atom is 0.283 e. The second-order valence-electron chi connectivity index (χ2n) is 7.80. The Labute approximate surface area is 176 Å². The smallest absolute Gasteiger partial charge is 0.283 e. The average Bonchev–Trinajstić information content (AvgIpc) is 3.50. The molecular formula is C21H21F3N4O3. The SMILES string of the molecule is COc1ccc(C(=O)Nc2ccc(F)c([C@@]3(C)N=C(N)O[C@H](C4(F)CC4)[C@@H]3F)c2)nc1. The summed E-state index contributed by atoms with van der Waals surface area (Å²) in [5.41, 5.74) is 2.09. The topological polar surface area (TPSA) is 98.8 Å². The molecule has 3 N–H and O–H groups in total. The van der Waals surface area contributed by atoms with Gasteiger partial charge in [-0.05, 0) is 50.1 Å². The first-order chi connectivity index (χ1) is 14.7. The number of ether oxygens (including phenoxy) is 2. The van der Waals surface area contributed by atoms with Crippen molar-refractivity contribution >= 4 is 17.6 Å². The molecule has 0 bridgehead atoms. The molecule has 1 fully saturated rings. The number of pyridine rings is 1. The highest BCUT2D eigenvalue weighted by Crippen LogP contribution is 2.51. The van der Waals surface area contributed by atoms with Crippen molar-refractivity contribution in [3.8, 4) is 5.75 Å². The first-order valence-electron chi connectivity index (χ1n) is 9.63. The maximum absolute atomic E-state index is 15.4. The number of hydrogen-bond donors (Lipinski definition) is 2. The lowest BCUT2D eigenvalue weighted by Crippen LogP contribution is -2.54. The predicted octanol–water partition coefficient (Wildman–Crippen LogP) is 3.25. The molecule has 2 aliphatic rings. The molecule has 164 valence electrons. The maximum atomic E-state index is 15.4. The number of methoxy groups -OCH3 is 1. The number of anilines is 1. The van der Waals surface area contributed by atoms with Crippen molar-refractivity contribution in [2.75, 3.05) is 12.4 Å². The van der Waals surface area contributed by atoms with E-state index >= 15 is 4.39 Å². The van der Waals surface area contributed by atoms with Gasteiger partial charge in [0.05, 0.1) is 13.3 Å². The molecular weight excluding hydrogens is 413 g/mol. The molecule has 0 spiro atoms. The number of alkyl halides is 2. The van der Waals surface area contributed by atoms with Gasteiger partial charge in [0.25, 0.3) is 11.9 Å². The van der Waals surface area contributed by atoms with E-state index in [1.54, 1.807) is 6.07 Å². The number of benzene rings is 1. The number of nitrogens with zero attached hydrogens (tertiary/aromatic N) is 2. The normalized spacial score (nSPS) is 26.4. The summed E-state index contributed by atoms with van der Waals surface area (Å²) in [5.74, 6) is -0.851. The fraction of sp³-hybridized carbons (Fsp3) is 0.381. The van der Waals surface area contributed by atoms with E-state index in [4.69, 9.17) is 15.2 Å². The third-order valence-electron chi connectivity index (χ3n) is 5.60. The Morgan fingerprint density at radius 1 is 1.32 bits per heavy atom. The molecule has 2 heterocycles. The van der Waals surface area contributed by atoms with Gasteiger partial charge in [0.15, 0.2) is 17.9 Å². The van der Waals surface area contributed by atoms with Crippen LogP contribution in [0.1, 0.15) is 35.8 Å². The Hall–Kier alpha value is -3.30. The fourth-order valence-corrected chi connectivity index (χ4v) is 3.60. The largest absolute Gasteiger partial charge is 0.495 e. The highest BCUT2D eigenvalue weighted by molar-refractivity contribution is 6.02.